The van der Waals surface area contributed by atoms with Gasteiger partial charge in [0.05, 0.1) is 6.20 Å². The van der Waals surface area contributed by atoms with Crippen LogP contribution in [0.5, 0.6) is 0 Å². The van der Waals surface area contributed by atoms with Gasteiger partial charge in [0.15, 0.2) is 5.09 Å². The van der Waals surface area contributed by atoms with Crippen molar-refractivity contribution in [1.82, 2.24) is 15.2 Å². The number of amides is 1. The van der Waals surface area contributed by atoms with Crippen LogP contribution in [0.4, 0.5) is 4.39 Å². The largest absolute Gasteiger partial charge is 0.425 e. The summed E-state index contributed by atoms with van der Waals surface area (Å²) in [6.07, 6.45) is 3.79. The summed E-state index contributed by atoms with van der Waals surface area (Å²) in [6.45, 7) is 4.41. The van der Waals surface area contributed by atoms with Crippen molar-refractivity contribution in [3.05, 3.63) is 42.2 Å². The van der Waals surface area contributed by atoms with Gasteiger partial charge in [-0.2, -0.15) is 0 Å². The number of hydrogen-bond acceptors (Lipinski definition) is 5. The van der Waals surface area contributed by atoms with E-state index in [0.717, 1.165) is 30.8 Å². The van der Waals surface area contributed by atoms with E-state index in [-0.39, 0.29) is 23.7 Å². The summed E-state index contributed by atoms with van der Waals surface area (Å²) in [5.74, 6) is 0.0606. The van der Waals surface area contributed by atoms with Crippen LogP contribution in [0.1, 0.15) is 30.5 Å². The van der Waals surface area contributed by atoms with Gasteiger partial charge in [0.2, 0.25) is 0 Å². The van der Waals surface area contributed by atoms with Gasteiger partial charge in [-0.3, -0.25) is 9.69 Å². The number of fused-ring (bicyclic) bond motifs is 3. The number of halogens is 1. The Morgan fingerprint density at radius 2 is 2.04 bits per heavy atom. The molecule has 1 amide bonds. The molecule has 2 atom stereocenters. The second kappa shape index (κ2) is 6.80. The molecule has 5 rings (SSSR count). The number of carbonyl (C=O) groups is 1. The van der Waals surface area contributed by atoms with E-state index in [1.54, 1.807) is 12.1 Å². The fourth-order valence-corrected chi connectivity index (χ4v) is 4.52. The van der Waals surface area contributed by atoms with Gasteiger partial charge in [-0.1, -0.05) is 11.8 Å². The van der Waals surface area contributed by atoms with E-state index in [0.29, 0.717) is 17.1 Å². The van der Waals surface area contributed by atoms with Gasteiger partial charge in [0.25, 0.3) is 5.89 Å². The molecule has 3 aliphatic heterocycles. The van der Waals surface area contributed by atoms with Crippen LogP contribution in [0.2, 0.25) is 0 Å². The Bertz CT molecular complexity index is 754. The number of carbonyl (C=O) groups excluding carboxylic acids is 1. The van der Waals surface area contributed by atoms with E-state index in [4.69, 9.17) is 4.42 Å². The molecule has 0 spiro atoms. The number of oxazole rings is 1. The predicted octanol–water partition coefficient (Wildman–Crippen LogP) is 3.18. The third-order valence-electron chi connectivity index (χ3n) is 5.19. The molecule has 0 saturated carbocycles. The lowest BCUT2D eigenvalue weighted by Gasteiger charge is -2.49. The van der Waals surface area contributed by atoms with Gasteiger partial charge in [0, 0.05) is 17.0 Å². The number of aromatic nitrogens is 1. The molecule has 1 aromatic heterocycles. The first-order valence-electron chi connectivity index (χ1n) is 8.54. The molecule has 2 bridgehead atoms. The molecule has 3 fully saturated rings. The number of benzene rings is 1. The number of hydrogen-bond donors (Lipinski definition) is 1. The summed E-state index contributed by atoms with van der Waals surface area (Å²) < 4.78 is 18.5. The first-order valence-corrected chi connectivity index (χ1v) is 9.36. The highest BCUT2D eigenvalue weighted by Gasteiger charge is 2.40. The average molecular weight is 361 g/mol. The van der Waals surface area contributed by atoms with Crippen molar-refractivity contribution in [2.75, 3.05) is 13.1 Å². The van der Waals surface area contributed by atoms with Gasteiger partial charge in [0.1, 0.15) is 5.82 Å². The predicted molar refractivity (Wildman–Crippen MR) is 92.0 cm³/mol. The van der Waals surface area contributed by atoms with Crippen molar-refractivity contribution in [2.24, 2.45) is 5.92 Å². The van der Waals surface area contributed by atoms with Crippen molar-refractivity contribution in [3.63, 3.8) is 0 Å². The zero-order valence-electron chi connectivity index (χ0n) is 13.9. The van der Waals surface area contributed by atoms with Crippen LogP contribution in [0.25, 0.3) is 0 Å². The molecule has 0 unspecified atom stereocenters. The molecule has 0 radical (unpaired) electrons. The molecule has 1 N–H and O–H groups in total. The molecule has 1 aromatic carbocycles. The van der Waals surface area contributed by atoms with Crippen LogP contribution in [-0.4, -0.2) is 41.0 Å². The Kier molecular flexibility index (Phi) is 4.52. The van der Waals surface area contributed by atoms with Crippen LogP contribution in [0.3, 0.4) is 0 Å². The normalized spacial score (nSPS) is 28.1. The highest BCUT2D eigenvalue weighted by Crippen LogP contribution is 2.32. The van der Waals surface area contributed by atoms with Gasteiger partial charge < -0.3 is 9.73 Å². The van der Waals surface area contributed by atoms with Gasteiger partial charge in [-0.15, -0.1) is 0 Å². The average Bonchev–Trinajstić information content (AvgIpc) is 3.09. The van der Waals surface area contributed by atoms with Crippen molar-refractivity contribution < 1.29 is 13.6 Å². The van der Waals surface area contributed by atoms with E-state index < -0.39 is 0 Å². The maximum absolute atomic E-state index is 13.0. The third kappa shape index (κ3) is 3.43. The monoisotopic (exact) mass is 361 g/mol. The number of piperidine rings is 3. The lowest BCUT2D eigenvalue weighted by molar-refractivity contribution is 0.0209. The molecule has 7 heteroatoms. The highest BCUT2D eigenvalue weighted by atomic mass is 32.2. The van der Waals surface area contributed by atoms with E-state index in [2.05, 4.69) is 22.1 Å². The number of rotatable bonds is 4. The third-order valence-corrected chi connectivity index (χ3v) is 6.08. The van der Waals surface area contributed by atoms with Crippen LogP contribution in [0, 0.1) is 11.7 Å². The second-order valence-corrected chi connectivity index (χ2v) is 7.73. The van der Waals surface area contributed by atoms with Gasteiger partial charge in [-0.25, -0.2) is 9.37 Å². The SMILES string of the molecule is C[C@H]1[C@H](NC(=O)c2ncc(Sc3ccc(F)cc3)o2)C2CCN1CC2. The van der Waals surface area contributed by atoms with Crippen LogP contribution in [-0.2, 0) is 0 Å². The Balaban J connectivity index is 1.41. The van der Waals surface area contributed by atoms with Crippen LogP contribution in [0.15, 0.2) is 44.9 Å². The summed E-state index contributed by atoms with van der Waals surface area (Å²) in [6, 6.07) is 6.60. The first-order chi connectivity index (χ1) is 12.1. The molecule has 25 heavy (non-hydrogen) atoms. The van der Waals surface area contributed by atoms with Gasteiger partial charge >= 0.3 is 5.91 Å². The summed E-state index contributed by atoms with van der Waals surface area (Å²) in [5.41, 5.74) is 0. The second-order valence-electron chi connectivity index (χ2n) is 6.65. The topological polar surface area (TPSA) is 58.4 Å². The van der Waals surface area contributed by atoms with Crippen molar-refractivity contribution in [2.45, 2.75) is 41.8 Å². The summed E-state index contributed by atoms with van der Waals surface area (Å²) >= 11 is 1.31. The Hall–Kier alpha value is -1.86. The zero-order valence-corrected chi connectivity index (χ0v) is 14.8. The van der Waals surface area contributed by atoms with Crippen molar-refractivity contribution in [1.29, 1.82) is 0 Å². The maximum Gasteiger partial charge on any atom is 0.307 e. The highest BCUT2D eigenvalue weighted by molar-refractivity contribution is 7.99. The van der Waals surface area contributed by atoms with Crippen LogP contribution >= 0.6 is 11.8 Å². The van der Waals surface area contributed by atoms with E-state index in [1.807, 2.05) is 0 Å². The Labute approximate surface area is 150 Å². The lowest BCUT2D eigenvalue weighted by Crippen LogP contribution is -2.62. The fourth-order valence-electron chi connectivity index (χ4n) is 3.79. The lowest BCUT2D eigenvalue weighted by atomic mass is 9.79. The maximum atomic E-state index is 13.0. The standard InChI is InChI=1S/C18H20FN3O2S/c1-11-16(12-6-8-22(11)9-7-12)21-17(23)18-20-10-15(24-18)25-14-4-2-13(19)3-5-14/h2-5,10-12,16H,6-9H2,1H3,(H,21,23)/t11-,16-/m0/s1. The smallest absolute Gasteiger partial charge is 0.307 e. The van der Waals surface area contributed by atoms with Crippen molar-refractivity contribution >= 4 is 17.7 Å². The molecular weight excluding hydrogens is 341 g/mol. The summed E-state index contributed by atoms with van der Waals surface area (Å²) in [5, 5.41) is 3.62. The fraction of sp³-hybridized carbons (Fsp3) is 0.444. The van der Waals surface area contributed by atoms with Crippen molar-refractivity contribution in [3.8, 4) is 0 Å². The van der Waals surface area contributed by atoms with E-state index >= 15 is 0 Å². The number of nitrogens with zero attached hydrogens (tertiary/aromatic N) is 2. The summed E-state index contributed by atoms with van der Waals surface area (Å²) in [7, 11) is 0. The Morgan fingerprint density at radius 1 is 1.32 bits per heavy atom. The zero-order chi connectivity index (χ0) is 17.4. The minimum absolute atomic E-state index is 0.0771. The molecule has 3 saturated heterocycles. The molecular formula is C18H20FN3O2S. The minimum Gasteiger partial charge on any atom is -0.425 e. The van der Waals surface area contributed by atoms with Crippen LogP contribution < -0.4 is 5.32 Å². The minimum atomic E-state index is -0.284. The quantitative estimate of drug-likeness (QED) is 0.906. The molecule has 4 heterocycles. The molecule has 2 aromatic rings. The number of nitrogens with one attached hydrogen (secondary N) is 1. The van der Waals surface area contributed by atoms with E-state index in [1.165, 1.54) is 30.1 Å². The van der Waals surface area contributed by atoms with Gasteiger partial charge in [-0.05, 0) is 63.0 Å². The first kappa shape index (κ1) is 16.6. The van der Waals surface area contributed by atoms with E-state index in [9.17, 15) is 9.18 Å². The molecule has 0 aliphatic carbocycles. The molecule has 5 nitrogen and oxygen atoms in total. The summed E-state index contributed by atoms with van der Waals surface area (Å²) in [4.78, 5) is 19.9. The molecule has 132 valence electrons. The Morgan fingerprint density at radius 3 is 2.72 bits per heavy atom. The molecule has 3 aliphatic rings.